The zero-order valence-corrected chi connectivity index (χ0v) is 15.5. The fraction of sp³-hybridized carbons (Fsp3) is 0.647. The van der Waals surface area contributed by atoms with Gasteiger partial charge in [-0.15, -0.1) is 0 Å². The van der Waals surface area contributed by atoms with Gasteiger partial charge in [0.1, 0.15) is 0 Å². The molecule has 0 N–H and O–H groups in total. The van der Waals surface area contributed by atoms with Crippen LogP contribution < -0.4 is 0 Å². The molecule has 1 fully saturated rings. The van der Waals surface area contributed by atoms with E-state index in [9.17, 15) is 0 Å². The molecule has 0 saturated heterocycles. The van der Waals surface area contributed by atoms with E-state index in [2.05, 4.69) is 36.7 Å². The number of benzene rings is 1. The second-order valence-corrected chi connectivity index (χ2v) is 9.05. The van der Waals surface area contributed by atoms with Crippen molar-refractivity contribution in [3.63, 3.8) is 0 Å². The van der Waals surface area contributed by atoms with Crippen LogP contribution in [0.4, 0.5) is 0 Å². The van der Waals surface area contributed by atoms with Crippen molar-refractivity contribution in [2.24, 2.45) is 17.3 Å². The van der Waals surface area contributed by atoms with E-state index in [0.717, 1.165) is 27.9 Å². The molecule has 3 unspecified atom stereocenters. The highest BCUT2D eigenvalue weighted by atomic mass is 79.9. The second-order valence-electron chi connectivity index (χ2n) is 7.06. The molecule has 0 nitrogen and oxygen atoms in total. The topological polar surface area (TPSA) is 0 Å². The highest BCUT2D eigenvalue weighted by Gasteiger charge is 2.35. The van der Waals surface area contributed by atoms with Gasteiger partial charge in [-0.3, -0.25) is 0 Å². The summed E-state index contributed by atoms with van der Waals surface area (Å²) >= 11 is 16.5. The Morgan fingerprint density at radius 2 is 1.75 bits per heavy atom. The minimum Gasteiger partial charge on any atom is -0.0888 e. The van der Waals surface area contributed by atoms with E-state index >= 15 is 0 Å². The molecule has 0 amide bonds. The summed E-state index contributed by atoms with van der Waals surface area (Å²) < 4.78 is 0. The minimum atomic E-state index is 0.385. The van der Waals surface area contributed by atoms with E-state index in [1.165, 1.54) is 19.3 Å². The largest absolute Gasteiger partial charge is 0.0888 e. The lowest BCUT2D eigenvalue weighted by molar-refractivity contribution is 0.146. The van der Waals surface area contributed by atoms with Crippen molar-refractivity contribution < 1.29 is 0 Å². The Hall–Kier alpha value is 0.280. The highest BCUT2D eigenvalue weighted by Crippen LogP contribution is 2.44. The zero-order valence-electron chi connectivity index (χ0n) is 12.4. The Bertz CT molecular complexity index is 444. The Morgan fingerprint density at radius 1 is 1.15 bits per heavy atom. The van der Waals surface area contributed by atoms with Crippen LogP contribution in [0, 0.1) is 17.3 Å². The molecular weight excluding hydrogens is 355 g/mol. The third kappa shape index (κ3) is 3.93. The van der Waals surface area contributed by atoms with Crippen molar-refractivity contribution in [3.05, 3.63) is 33.8 Å². The first-order valence-corrected chi connectivity index (χ1v) is 9.03. The van der Waals surface area contributed by atoms with E-state index in [-0.39, 0.29) is 0 Å². The Kier molecular flexibility index (Phi) is 5.48. The molecule has 0 bridgehead atoms. The molecule has 3 atom stereocenters. The Labute approximate surface area is 141 Å². The smallest absolute Gasteiger partial charge is 0.0452 e. The molecule has 112 valence electrons. The van der Waals surface area contributed by atoms with E-state index in [1.807, 2.05) is 18.2 Å². The molecule has 1 aromatic carbocycles. The van der Waals surface area contributed by atoms with Crippen molar-refractivity contribution in [2.75, 3.05) is 0 Å². The molecule has 0 radical (unpaired) electrons. The van der Waals surface area contributed by atoms with Gasteiger partial charge in [0.15, 0.2) is 0 Å². The quantitative estimate of drug-likeness (QED) is 0.499. The van der Waals surface area contributed by atoms with Crippen molar-refractivity contribution in [2.45, 2.75) is 51.3 Å². The van der Waals surface area contributed by atoms with Crippen LogP contribution in [0.2, 0.25) is 10.0 Å². The van der Waals surface area contributed by atoms with Gasteiger partial charge < -0.3 is 0 Å². The van der Waals surface area contributed by atoms with E-state index < -0.39 is 0 Å². The lowest BCUT2D eigenvalue weighted by atomic mass is 9.68. The van der Waals surface area contributed by atoms with Gasteiger partial charge in [0.05, 0.1) is 0 Å². The first-order chi connectivity index (χ1) is 9.29. The first-order valence-electron chi connectivity index (χ1n) is 7.36. The van der Waals surface area contributed by atoms with Crippen molar-refractivity contribution in [1.82, 2.24) is 0 Å². The van der Waals surface area contributed by atoms with Gasteiger partial charge in [0, 0.05) is 14.9 Å². The van der Waals surface area contributed by atoms with Crippen LogP contribution in [0.25, 0.3) is 0 Å². The average molecular weight is 378 g/mol. The molecule has 0 aromatic heterocycles. The Balaban J connectivity index is 2.15. The standard InChI is InChI=1S/C17H23BrCl2/c1-17(2,3)12-7-8-14(18)11(9-12)10-13-15(19)5-4-6-16(13)20/h4-6,11-12,14H,7-10H2,1-3H3. The van der Waals surface area contributed by atoms with Crippen LogP contribution in [0.1, 0.15) is 45.6 Å². The fourth-order valence-corrected chi connectivity index (χ4v) is 4.43. The SMILES string of the molecule is CC(C)(C)C1CCC(Br)C(Cc2c(Cl)cccc2Cl)C1. The third-order valence-electron chi connectivity index (χ3n) is 4.64. The van der Waals surface area contributed by atoms with Gasteiger partial charge in [-0.2, -0.15) is 0 Å². The maximum atomic E-state index is 6.32. The monoisotopic (exact) mass is 376 g/mol. The van der Waals surface area contributed by atoms with Gasteiger partial charge >= 0.3 is 0 Å². The van der Waals surface area contributed by atoms with Crippen LogP contribution in [0.15, 0.2) is 18.2 Å². The van der Waals surface area contributed by atoms with E-state index in [1.54, 1.807) is 0 Å². The molecule has 0 heterocycles. The fourth-order valence-electron chi connectivity index (χ4n) is 3.21. The minimum absolute atomic E-state index is 0.385. The van der Waals surface area contributed by atoms with Crippen LogP contribution in [0.5, 0.6) is 0 Å². The second kappa shape index (κ2) is 6.58. The number of hydrogen-bond acceptors (Lipinski definition) is 0. The maximum absolute atomic E-state index is 6.32. The predicted molar refractivity (Wildman–Crippen MR) is 93.2 cm³/mol. The van der Waals surface area contributed by atoms with Gasteiger partial charge in [0.25, 0.3) is 0 Å². The number of alkyl halides is 1. The molecular formula is C17H23BrCl2. The summed E-state index contributed by atoms with van der Waals surface area (Å²) in [5.41, 5.74) is 1.50. The molecule has 1 aliphatic rings. The highest BCUT2D eigenvalue weighted by molar-refractivity contribution is 9.09. The van der Waals surface area contributed by atoms with Crippen LogP contribution in [0.3, 0.4) is 0 Å². The summed E-state index contributed by atoms with van der Waals surface area (Å²) in [7, 11) is 0. The predicted octanol–water partition coefficient (Wildman–Crippen LogP) is 6.76. The first kappa shape index (κ1) is 16.6. The van der Waals surface area contributed by atoms with Crippen molar-refractivity contribution >= 4 is 39.1 Å². The average Bonchev–Trinajstić information content (AvgIpc) is 2.34. The summed E-state index contributed by atoms with van der Waals surface area (Å²) in [6.45, 7) is 7.06. The van der Waals surface area contributed by atoms with Crippen LogP contribution in [-0.2, 0) is 6.42 Å². The molecule has 1 aliphatic carbocycles. The molecule has 2 rings (SSSR count). The Morgan fingerprint density at radius 3 is 2.30 bits per heavy atom. The summed E-state index contributed by atoms with van der Waals surface area (Å²) in [5, 5.41) is 1.60. The number of hydrogen-bond donors (Lipinski definition) is 0. The summed E-state index contributed by atoms with van der Waals surface area (Å²) in [6.07, 6.45) is 4.78. The van der Waals surface area contributed by atoms with E-state index in [0.29, 0.717) is 16.2 Å². The number of halogens is 3. The van der Waals surface area contributed by atoms with Gasteiger partial charge in [-0.1, -0.05) is 66.0 Å². The van der Waals surface area contributed by atoms with E-state index in [4.69, 9.17) is 23.2 Å². The third-order valence-corrected chi connectivity index (χ3v) is 6.56. The van der Waals surface area contributed by atoms with Gasteiger partial charge in [0.2, 0.25) is 0 Å². The lowest BCUT2D eigenvalue weighted by Crippen LogP contribution is -2.33. The lowest BCUT2D eigenvalue weighted by Gasteiger charge is -2.40. The normalized spacial score (nSPS) is 27.6. The van der Waals surface area contributed by atoms with Gasteiger partial charge in [-0.25, -0.2) is 0 Å². The van der Waals surface area contributed by atoms with Gasteiger partial charge in [-0.05, 0) is 60.6 Å². The maximum Gasteiger partial charge on any atom is 0.0452 e. The molecule has 1 saturated carbocycles. The molecule has 1 aromatic rings. The molecule has 3 heteroatoms. The summed E-state index contributed by atoms with van der Waals surface area (Å²) in [5.74, 6) is 1.40. The zero-order chi connectivity index (χ0) is 14.9. The van der Waals surface area contributed by atoms with Crippen LogP contribution >= 0.6 is 39.1 Å². The molecule has 0 spiro atoms. The number of rotatable bonds is 2. The molecule has 20 heavy (non-hydrogen) atoms. The van der Waals surface area contributed by atoms with Crippen molar-refractivity contribution in [1.29, 1.82) is 0 Å². The summed E-state index contributed by atoms with van der Waals surface area (Å²) in [6, 6.07) is 5.80. The molecule has 0 aliphatic heterocycles. The van der Waals surface area contributed by atoms with Crippen LogP contribution in [-0.4, -0.2) is 4.83 Å². The summed E-state index contributed by atoms with van der Waals surface area (Å²) in [4.78, 5) is 0.577. The van der Waals surface area contributed by atoms with Crippen molar-refractivity contribution in [3.8, 4) is 0 Å².